The average Bonchev–Trinajstić information content (AvgIpc) is 2.97. The van der Waals surface area contributed by atoms with Gasteiger partial charge in [-0.2, -0.15) is 0 Å². The molecule has 2 aromatic carbocycles. The number of nitrogens with zero attached hydrogens (tertiary/aromatic N) is 1. The summed E-state index contributed by atoms with van der Waals surface area (Å²) < 4.78 is 39.5. The van der Waals surface area contributed by atoms with Gasteiger partial charge in [0.2, 0.25) is 5.91 Å². The van der Waals surface area contributed by atoms with Gasteiger partial charge in [0, 0.05) is 25.2 Å². The van der Waals surface area contributed by atoms with Gasteiger partial charge in [-0.1, -0.05) is 18.2 Å². The number of rotatable bonds is 4. The third-order valence-corrected chi connectivity index (χ3v) is 3.90. The van der Waals surface area contributed by atoms with Gasteiger partial charge in [0.15, 0.2) is 17.5 Å². The summed E-state index contributed by atoms with van der Waals surface area (Å²) in [7, 11) is 0. The summed E-state index contributed by atoms with van der Waals surface area (Å²) in [6.07, 6.45) is 1.06. The van der Waals surface area contributed by atoms with E-state index in [1.807, 2.05) is 24.3 Å². The second kappa shape index (κ2) is 6.32. The lowest BCUT2D eigenvalue weighted by molar-refractivity contribution is -0.116. The predicted molar refractivity (Wildman–Crippen MR) is 81.9 cm³/mol. The lowest BCUT2D eigenvalue weighted by Gasteiger charge is -2.19. The smallest absolute Gasteiger partial charge is 0.226 e. The Labute approximate surface area is 131 Å². The van der Waals surface area contributed by atoms with Crippen molar-refractivity contribution in [3.05, 3.63) is 59.4 Å². The molecule has 0 aromatic heterocycles. The van der Waals surface area contributed by atoms with Gasteiger partial charge in [-0.3, -0.25) is 4.79 Å². The Balaban J connectivity index is 1.60. The Morgan fingerprint density at radius 1 is 1.09 bits per heavy atom. The van der Waals surface area contributed by atoms with Crippen LogP contribution in [0.2, 0.25) is 0 Å². The van der Waals surface area contributed by atoms with Gasteiger partial charge < -0.3 is 10.2 Å². The Morgan fingerprint density at radius 3 is 2.70 bits per heavy atom. The van der Waals surface area contributed by atoms with E-state index in [-0.39, 0.29) is 12.1 Å². The van der Waals surface area contributed by atoms with Crippen LogP contribution in [-0.2, 0) is 11.2 Å². The van der Waals surface area contributed by atoms with Crippen molar-refractivity contribution in [1.82, 2.24) is 0 Å². The maximum Gasteiger partial charge on any atom is 0.226 e. The zero-order valence-electron chi connectivity index (χ0n) is 12.3. The molecule has 0 radical (unpaired) electrons. The van der Waals surface area contributed by atoms with E-state index in [1.165, 1.54) is 5.56 Å². The van der Waals surface area contributed by atoms with Crippen LogP contribution in [0.3, 0.4) is 0 Å². The van der Waals surface area contributed by atoms with Crippen LogP contribution in [0.5, 0.6) is 0 Å². The van der Waals surface area contributed by atoms with Gasteiger partial charge in [-0.15, -0.1) is 0 Å². The van der Waals surface area contributed by atoms with E-state index in [0.29, 0.717) is 6.54 Å². The molecule has 3 rings (SSSR count). The molecule has 0 spiro atoms. The molecular weight excluding hydrogens is 305 g/mol. The van der Waals surface area contributed by atoms with Crippen molar-refractivity contribution in [1.29, 1.82) is 0 Å². The molecule has 23 heavy (non-hydrogen) atoms. The summed E-state index contributed by atoms with van der Waals surface area (Å²) in [5.74, 6) is -4.70. The minimum Gasteiger partial charge on any atom is -0.370 e. The van der Waals surface area contributed by atoms with Crippen molar-refractivity contribution in [3.8, 4) is 0 Å². The summed E-state index contributed by atoms with van der Waals surface area (Å²) in [4.78, 5) is 14.0. The fourth-order valence-corrected chi connectivity index (χ4v) is 2.71. The fourth-order valence-electron chi connectivity index (χ4n) is 2.71. The summed E-state index contributed by atoms with van der Waals surface area (Å²) in [5.41, 5.74) is 1.98. The van der Waals surface area contributed by atoms with Crippen molar-refractivity contribution < 1.29 is 18.0 Å². The van der Waals surface area contributed by atoms with Gasteiger partial charge in [0.1, 0.15) is 0 Å². The quantitative estimate of drug-likeness (QED) is 0.875. The first-order valence-electron chi connectivity index (χ1n) is 7.32. The van der Waals surface area contributed by atoms with E-state index in [0.717, 1.165) is 30.8 Å². The monoisotopic (exact) mass is 320 g/mol. The number of amides is 1. The minimum absolute atomic E-state index is 0.132. The normalized spacial score (nSPS) is 13.1. The molecule has 1 amide bonds. The number of carbonyl (C=O) groups excluding carboxylic acids is 1. The fraction of sp³-hybridized carbons (Fsp3) is 0.235. The number of hydrogen-bond donors (Lipinski definition) is 1. The number of nitrogens with one attached hydrogen (secondary N) is 1. The summed E-state index contributed by atoms with van der Waals surface area (Å²) >= 11 is 0. The first-order chi connectivity index (χ1) is 11.1. The molecule has 3 nitrogen and oxygen atoms in total. The number of fused-ring (bicyclic) bond motifs is 1. The number of carbonyl (C=O) groups is 1. The van der Waals surface area contributed by atoms with E-state index in [4.69, 9.17) is 0 Å². The molecule has 0 saturated heterocycles. The first-order valence-corrected chi connectivity index (χ1v) is 7.32. The highest BCUT2D eigenvalue weighted by atomic mass is 19.2. The summed E-state index contributed by atoms with van der Waals surface area (Å²) in [6.45, 7) is 1.31. The SMILES string of the molecule is O=C(CCN1CCc2ccccc21)Nc1ccc(F)c(F)c1F. The molecule has 1 aliphatic rings. The molecule has 6 heteroatoms. The highest BCUT2D eigenvalue weighted by Gasteiger charge is 2.19. The molecule has 2 aromatic rings. The highest BCUT2D eigenvalue weighted by Crippen LogP contribution is 2.27. The van der Waals surface area contributed by atoms with E-state index in [1.54, 1.807) is 0 Å². The van der Waals surface area contributed by atoms with Crippen LogP contribution in [0.15, 0.2) is 36.4 Å². The molecule has 0 unspecified atom stereocenters. The van der Waals surface area contributed by atoms with Crippen LogP contribution < -0.4 is 10.2 Å². The first kappa shape index (κ1) is 15.4. The Kier molecular flexibility index (Phi) is 4.23. The Bertz CT molecular complexity index is 749. The van der Waals surface area contributed by atoms with Gasteiger partial charge in [-0.25, -0.2) is 13.2 Å². The van der Waals surface area contributed by atoms with Crippen LogP contribution in [0.4, 0.5) is 24.5 Å². The molecule has 1 N–H and O–H groups in total. The zero-order valence-corrected chi connectivity index (χ0v) is 12.3. The average molecular weight is 320 g/mol. The molecule has 1 heterocycles. The van der Waals surface area contributed by atoms with Gasteiger partial charge in [0.05, 0.1) is 5.69 Å². The Hall–Kier alpha value is -2.50. The number of para-hydroxylation sites is 1. The molecule has 0 saturated carbocycles. The van der Waals surface area contributed by atoms with Gasteiger partial charge in [0.25, 0.3) is 0 Å². The summed E-state index contributed by atoms with van der Waals surface area (Å²) in [6, 6.07) is 9.75. The molecule has 0 bridgehead atoms. The maximum absolute atomic E-state index is 13.5. The second-order valence-corrected chi connectivity index (χ2v) is 5.39. The van der Waals surface area contributed by atoms with Crippen molar-refractivity contribution in [2.24, 2.45) is 0 Å². The zero-order chi connectivity index (χ0) is 16.4. The van der Waals surface area contributed by atoms with Crippen molar-refractivity contribution in [2.45, 2.75) is 12.8 Å². The van der Waals surface area contributed by atoms with Crippen molar-refractivity contribution >= 4 is 17.3 Å². The van der Waals surface area contributed by atoms with E-state index >= 15 is 0 Å². The number of hydrogen-bond acceptors (Lipinski definition) is 2. The molecule has 0 atom stereocenters. The molecular formula is C17H15F3N2O. The summed E-state index contributed by atoms with van der Waals surface area (Å²) in [5, 5.41) is 2.28. The largest absolute Gasteiger partial charge is 0.370 e. The molecule has 0 fully saturated rings. The van der Waals surface area contributed by atoms with Crippen LogP contribution >= 0.6 is 0 Å². The van der Waals surface area contributed by atoms with Crippen LogP contribution in [0.25, 0.3) is 0 Å². The highest BCUT2D eigenvalue weighted by molar-refractivity contribution is 5.91. The van der Waals surface area contributed by atoms with E-state index < -0.39 is 23.4 Å². The van der Waals surface area contributed by atoms with E-state index in [2.05, 4.69) is 10.2 Å². The lowest BCUT2D eigenvalue weighted by Crippen LogP contribution is -2.26. The third-order valence-electron chi connectivity index (χ3n) is 3.90. The van der Waals surface area contributed by atoms with Crippen LogP contribution in [-0.4, -0.2) is 19.0 Å². The van der Waals surface area contributed by atoms with Crippen molar-refractivity contribution in [2.75, 3.05) is 23.3 Å². The Morgan fingerprint density at radius 2 is 1.87 bits per heavy atom. The predicted octanol–water partition coefficient (Wildman–Crippen LogP) is 3.50. The van der Waals surface area contributed by atoms with Gasteiger partial charge >= 0.3 is 0 Å². The molecule has 120 valence electrons. The van der Waals surface area contributed by atoms with Gasteiger partial charge in [-0.05, 0) is 30.2 Å². The number of anilines is 2. The third kappa shape index (κ3) is 3.16. The van der Waals surface area contributed by atoms with Crippen molar-refractivity contribution in [3.63, 3.8) is 0 Å². The molecule has 1 aliphatic heterocycles. The number of halogens is 3. The number of benzene rings is 2. The van der Waals surface area contributed by atoms with Crippen LogP contribution in [0, 0.1) is 17.5 Å². The topological polar surface area (TPSA) is 32.3 Å². The molecule has 0 aliphatic carbocycles. The van der Waals surface area contributed by atoms with E-state index in [9.17, 15) is 18.0 Å². The minimum atomic E-state index is -1.59. The van der Waals surface area contributed by atoms with Crippen LogP contribution in [0.1, 0.15) is 12.0 Å². The lowest BCUT2D eigenvalue weighted by atomic mass is 10.2. The second-order valence-electron chi connectivity index (χ2n) is 5.39. The maximum atomic E-state index is 13.5. The standard InChI is InChI=1S/C17H15F3N2O/c18-12-5-6-13(17(20)16(12)19)21-15(23)8-10-22-9-7-11-3-1-2-4-14(11)22/h1-6H,7-10H2,(H,21,23).